The number of aryl methyl sites for hydroxylation is 1. The largest absolute Gasteiger partial charge is 0.481 e. The van der Waals surface area contributed by atoms with Gasteiger partial charge in [-0.2, -0.15) is 0 Å². The summed E-state index contributed by atoms with van der Waals surface area (Å²) in [4.78, 5) is 13.4. The minimum absolute atomic E-state index is 0.171. The van der Waals surface area contributed by atoms with E-state index in [-0.39, 0.29) is 17.5 Å². The zero-order chi connectivity index (χ0) is 10.1. The minimum atomic E-state index is -0.235. The second-order valence-electron chi connectivity index (χ2n) is 2.88. The SMILES string of the molecule is Cc1ccc(C(=O)c2ccc(O)o2)s1. The lowest BCUT2D eigenvalue weighted by Crippen LogP contribution is -1.95. The van der Waals surface area contributed by atoms with Crippen LogP contribution in [0.15, 0.2) is 28.7 Å². The highest BCUT2D eigenvalue weighted by atomic mass is 32.1. The Labute approximate surface area is 84.6 Å². The predicted molar refractivity (Wildman–Crippen MR) is 52.9 cm³/mol. The van der Waals surface area contributed by atoms with E-state index in [0.29, 0.717) is 4.88 Å². The van der Waals surface area contributed by atoms with E-state index in [1.165, 1.54) is 23.5 Å². The fraction of sp³-hybridized carbons (Fsp3) is 0.100. The molecule has 0 aromatic carbocycles. The Balaban J connectivity index is 2.33. The standard InChI is InChI=1S/C10H8O3S/c1-6-2-4-8(14-6)10(12)7-3-5-9(11)13-7/h2-5,11H,1H3. The molecule has 0 saturated heterocycles. The van der Waals surface area contributed by atoms with E-state index in [4.69, 9.17) is 9.52 Å². The molecule has 0 unspecified atom stereocenters. The van der Waals surface area contributed by atoms with Crippen LogP contribution in [0.3, 0.4) is 0 Å². The fourth-order valence-electron chi connectivity index (χ4n) is 1.13. The maximum atomic E-state index is 11.7. The number of hydrogen-bond donors (Lipinski definition) is 1. The van der Waals surface area contributed by atoms with Crippen molar-refractivity contribution in [1.29, 1.82) is 0 Å². The molecule has 0 atom stereocenters. The van der Waals surface area contributed by atoms with Crippen LogP contribution >= 0.6 is 11.3 Å². The Bertz CT molecular complexity index is 425. The van der Waals surface area contributed by atoms with Crippen molar-refractivity contribution >= 4 is 17.1 Å². The number of thiophene rings is 1. The number of rotatable bonds is 2. The van der Waals surface area contributed by atoms with Crippen LogP contribution in [-0.2, 0) is 0 Å². The van der Waals surface area contributed by atoms with Gasteiger partial charge in [0.25, 0.3) is 5.95 Å². The number of furan rings is 1. The van der Waals surface area contributed by atoms with Crippen molar-refractivity contribution in [3.05, 3.63) is 39.8 Å². The van der Waals surface area contributed by atoms with Gasteiger partial charge >= 0.3 is 0 Å². The molecule has 0 aliphatic carbocycles. The summed E-state index contributed by atoms with van der Waals surface area (Å²) in [7, 11) is 0. The van der Waals surface area contributed by atoms with Gasteiger partial charge in [0.2, 0.25) is 5.78 Å². The molecule has 0 spiro atoms. The molecule has 2 heterocycles. The van der Waals surface area contributed by atoms with E-state index in [1.807, 2.05) is 13.0 Å². The van der Waals surface area contributed by atoms with Crippen molar-refractivity contribution in [3.8, 4) is 5.95 Å². The molecule has 2 aromatic heterocycles. The van der Waals surface area contributed by atoms with Crippen LogP contribution in [0.5, 0.6) is 5.95 Å². The highest BCUT2D eigenvalue weighted by Gasteiger charge is 2.14. The van der Waals surface area contributed by atoms with Gasteiger partial charge in [0.05, 0.1) is 4.88 Å². The lowest BCUT2D eigenvalue weighted by atomic mass is 10.2. The highest BCUT2D eigenvalue weighted by molar-refractivity contribution is 7.14. The van der Waals surface area contributed by atoms with Crippen molar-refractivity contribution in [3.63, 3.8) is 0 Å². The van der Waals surface area contributed by atoms with E-state index >= 15 is 0 Å². The van der Waals surface area contributed by atoms with Crippen molar-refractivity contribution in [2.45, 2.75) is 6.92 Å². The minimum Gasteiger partial charge on any atom is -0.481 e. The molecular weight excluding hydrogens is 200 g/mol. The van der Waals surface area contributed by atoms with Gasteiger partial charge in [0, 0.05) is 10.9 Å². The van der Waals surface area contributed by atoms with Gasteiger partial charge in [0.15, 0.2) is 5.76 Å². The normalized spacial score (nSPS) is 10.4. The number of carbonyl (C=O) groups is 1. The third kappa shape index (κ3) is 1.56. The van der Waals surface area contributed by atoms with Crippen LogP contribution in [0.2, 0.25) is 0 Å². The zero-order valence-corrected chi connectivity index (χ0v) is 8.30. The second-order valence-corrected chi connectivity index (χ2v) is 4.17. The first-order chi connectivity index (χ1) is 6.66. The molecular formula is C10H8O3S. The summed E-state index contributed by atoms with van der Waals surface area (Å²) >= 11 is 1.41. The number of aromatic hydroxyl groups is 1. The van der Waals surface area contributed by atoms with Gasteiger partial charge < -0.3 is 9.52 Å². The Morgan fingerprint density at radius 1 is 1.36 bits per heavy atom. The molecule has 0 aliphatic heterocycles. The Kier molecular flexibility index (Phi) is 2.13. The number of ketones is 1. The van der Waals surface area contributed by atoms with Crippen LogP contribution in [0.1, 0.15) is 20.3 Å². The fourth-order valence-corrected chi connectivity index (χ4v) is 1.94. The van der Waals surface area contributed by atoms with E-state index in [9.17, 15) is 4.79 Å². The first-order valence-corrected chi connectivity index (χ1v) is 4.88. The van der Waals surface area contributed by atoms with Crippen molar-refractivity contribution in [2.24, 2.45) is 0 Å². The maximum Gasteiger partial charge on any atom is 0.282 e. The van der Waals surface area contributed by atoms with Crippen LogP contribution < -0.4 is 0 Å². The molecule has 0 amide bonds. The molecule has 0 fully saturated rings. The summed E-state index contributed by atoms with van der Waals surface area (Å²) in [6, 6.07) is 6.45. The smallest absolute Gasteiger partial charge is 0.282 e. The highest BCUT2D eigenvalue weighted by Crippen LogP contribution is 2.22. The first-order valence-electron chi connectivity index (χ1n) is 4.07. The van der Waals surface area contributed by atoms with Crippen LogP contribution in [0.25, 0.3) is 0 Å². The molecule has 0 aliphatic rings. The molecule has 1 N–H and O–H groups in total. The predicted octanol–water partition coefficient (Wildman–Crippen LogP) is 2.59. The summed E-state index contributed by atoms with van der Waals surface area (Å²) in [6.45, 7) is 1.93. The van der Waals surface area contributed by atoms with E-state index in [1.54, 1.807) is 6.07 Å². The summed E-state index contributed by atoms with van der Waals surface area (Å²) in [5.41, 5.74) is 0. The van der Waals surface area contributed by atoms with Crippen molar-refractivity contribution < 1.29 is 14.3 Å². The summed E-state index contributed by atoms with van der Waals surface area (Å²) in [6.07, 6.45) is 0. The number of carbonyl (C=O) groups excluding carboxylic acids is 1. The molecule has 14 heavy (non-hydrogen) atoms. The zero-order valence-electron chi connectivity index (χ0n) is 7.48. The molecule has 0 bridgehead atoms. The Morgan fingerprint density at radius 2 is 2.14 bits per heavy atom. The molecule has 4 heteroatoms. The Morgan fingerprint density at radius 3 is 2.64 bits per heavy atom. The van der Waals surface area contributed by atoms with Gasteiger partial charge in [-0.1, -0.05) is 0 Å². The molecule has 2 aromatic rings. The van der Waals surface area contributed by atoms with Gasteiger partial charge in [-0.15, -0.1) is 11.3 Å². The summed E-state index contributed by atoms with van der Waals surface area (Å²) < 4.78 is 4.82. The molecule has 2 rings (SSSR count). The second kappa shape index (κ2) is 3.31. The molecule has 0 radical (unpaired) electrons. The lowest BCUT2D eigenvalue weighted by Gasteiger charge is -1.90. The van der Waals surface area contributed by atoms with Crippen LogP contribution in [0, 0.1) is 6.92 Å². The maximum absolute atomic E-state index is 11.7. The van der Waals surface area contributed by atoms with Crippen molar-refractivity contribution in [2.75, 3.05) is 0 Å². The van der Waals surface area contributed by atoms with Crippen LogP contribution in [0.4, 0.5) is 0 Å². The molecule has 0 saturated carbocycles. The topological polar surface area (TPSA) is 50.4 Å². The molecule has 3 nitrogen and oxygen atoms in total. The average molecular weight is 208 g/mol. The quantitative estimate of drug-likeness (QED) is 0.772. The third-order valence-electron chi connectivity index (χ3n) is 1.78. The third-order valence-corrected chi connectivity index (χ3v) is 2.78. The van der Waals surface area contributed by atoms with E-state index in [2.05, 4.69) is 0 Å². The average Bonchev–Trinajstić information content (AvgIpc) is 2.73. The summed E-state index contributed by atoms with van der Waals surface area (Å²) in [5.74, 6) is -0.255. The van der Waals surface area contributed by atoms with E-state index < -0.39 is 0 Å². The lowest BCUT2D eigenvalue weighted by molar-refractivity contribution is 0.101. The van der Waals surface area contributed by atoms with Gasteiger partial charge in [-0.25, -0.2) is 0 Å². The van der Waals surface area contributed by atoms with Crippen LogP contribution in [-0.4, -0.2) is 10.9 Å². The monoisotopic (exact) mass is 208 g/mol. The van der Waals surface area contributed by atoms with Crippen molar-refractivity contribution in [1.82, 2.24) is 0 Å². The van der Waals surface area contributed by atoms with Gasteiger partial charge in [-0.05, 0) is 25.1 Å². The molecule has 72 valence electrons. The van der Waals surface area contributed by atoms with Gasteiger partial charge in [-0.3, -0.25) is 4.79 Å². The summed E-state index contributed by atoms with van der Waals surface area (Å²) in [5, 5.41) is 8.94. The Hall–Kier alpha value is -1.55. The first kappa shape index (κ1) is 9.02. The van der Waals surface area contributed by atoms with Gasteiger partial charge in [0.1, 0.15) is 0 Å². The number of hydrogen-bond acceptors (Lipinski definition) is 4. The van der Waals surface area contributed by atoms with E-state index in [0.717, 1.165) is 4.88 Å².